The molecule has 8 heteroatoms. The number of carbonyl (C=O) groups excluding carboxylic acids is 1. The quantitative estimate of drug-likeness (QED) is 0.463. The van der Waals surface area contributed by atoms with Crippen molar-refractivity contribution in [2.45, 2.75) is 33.4 Å². The maximum absolute atomic E-state index is 14.0. The smallest absolute Gasteiger partial charge is 0.339 e. The number of nitrogens with zero attached hydrogens (tertiary/aromatic N) is 2. The van der Waals surface area contributed by atoms with Gasteiger partial charge in [0.2, 0.25) is 0 Å². The first kappa shape index (κ1) is 22.5. The van der Waals surface area contributed by atoms with Gasteiger partial charge in [0.25, 0.3) is 5.91 Å². The monoisotopic (exact) mass is 433 g/mol. The molecule has 0 unspecified atom stereocenters. The number of hydrogen-bond acceptors (Lipinski definition) is 3. The van der Waals surface area contributed by atoms with Crippen LogP contribution in [0.15, 0.2) is 42.6 Å². The predicted octanol–water partition coefficient (Wildman–Crippen LogP) is 6.32. The van der Waals surface area contributed by atoms with Crippen molar-refractivity contribution in [3.63, 3.8) is 0 Å². The zero-order chi connectivity index (χ0) is 22.8. The predicted molar refractivity (Wildman–Crippen MR) is 113 cm³/mol. The highest BCUT2D eigenvalue weighted by Gasteiger charge is 2.37. The van der Waals surface area contributed by atoms with Crippen molar-refractivity contribution >= 4 is 28.2 Å². The van der Waals surface area contributed by atoms with Crippen LogP contribution in [0.5, 0.6) is 0 Å². The molecular formula is C23H23F4N3O. The van der Waals surface area contributed by atoms with Crippen molar-refractivity contribution in [3.05, 3.63) is 65.1 Å². The molecule has 0 saturated carbocycles. The molecule has 3 rings (SSSR count). The summed E-state index contributed by atoms with van der Waals surface area (Å²) in [5.74, 6) is -1.45. The third-order valence-electron chi connectivity index (χ3n) is 5.06. The number of rotatable bonds is 6. The molecule has 31 heavy (non-hydrogen) atoms. The lowest BCUT2D eigenvalue weighted by molar-refractivity contribution is -0.139. The molecule has 3 aromatic rings. The van der Waals surface area contributed by atoms with E-state index in [9.17, 15) is 22.4 Å². The minimum Gasteiger partial charge on any atom is -0.339 e. The average molecular weight is 433 g/mol. The summed E-state index contributed by atoms with van der Waals surface area (Å²) in [6.07, 6.45) is -2.72. The number of amides is 1. The van der Waals surface area contributed by atoms with Crippen molar-refractivity contribution < 1.29 is 22.4 Å². The second kappa shape index (κ2) is 8.91. The van der Waals surface area contributed by atoms with E-state index >= 15 is 0 Å². The van der Waals surface area contributed by atoms with E-state index in [2.05, 4.69) is 10.3 Å². The largest absolute Gasteiger partial charge is 0.421 e. The van der Waals surface area contributed by atoms with Crippen molar-refractivity contribution in [1.29, 1.82) is 0 Å². The van der Waals surface area contributed by atoms with Crippen LogP contribution < -0.4 is 5.32 Å². The molecule has 0 atom stereocenters. The standard InChI is InChI=1S/C23H23F4N3O/c1-4-12-30(5-2)22(31)16-13-28-21(15-9-6-8-14(3)19(15)16)29-18-11-7-10-17(24)20(18)23(25,26)27/h6-11,13H,4-5,12H2,1-3H3,(H,28,29). The minimum atomic E-state index is -4.88. The zero-order valence-electron chi connectivity index (χ0n) is 17.5. The van der Waals surface area contributed by atoms with Crippen LogP contribution in [-0.4, -0.2) is 28.9 Å². The summed E-state index contributed by atoms with van der Waals surface area (Å²) in [6, 6.07) is 8.34. The van der Waals surface area contributed by atoms with Crippen molar-refractivity contribution in [2.24, 2.45) is 0 Å². The van der Waals surface area contributed by atoms with Crippen LogP contribution in [0.4, 0.5) is 29.1 Å². The van der Waals surface area contributed by atoms with Crippen LogP contribution >= 0.6 is 0 Å². The van der Waals surface area contributed by atoms with Gasteiger partial charge in [-0.1, -0.05) is 31.2 Å². The molecule has 164 valence electrons. The van der Waals surface area contributed by atoms with Gasteiger partial charge in [-0.05, 0) is 38.0 Å². The molecule has 0 aliphatic rings. The van der Waals surface area contributed by atoms with E-state index in [0.717, 1.165) is 24.1 Å². The molecule has 0 aliphatic heterocycles. The summed E-state index contributed by atoms with van der Waals surface area (Å²) in [5, 5.41) is 3.71. The van der Waals surface area contributed by atoms with Crippen LogP contribution in [0.2, 0.25) is 0 Å². The summed E-state index contributed by atoms with van der Waals surface area (Å²) < 4.78 is 54.2. The minimum absolute atomic E-state index is 0.116. The normalized spacial score (nSPS) is 11.6. The van der Waals surface area contributed by atoms with Crippen LogP contribution in [-0.2, 0) is 6.18 Å². The first-order valence-electron chi connectivity index (χ1n) is 9.99. The Morgan fingerprint density at radius 1 is 1.13 bits per heavy atom. The molecule has 0 radical (unpaired) electrons. The van der Waals surface area contributed by atoms with Gasteiger partial charge in [0.05, 0.1) is 11.3 Å². The molecule has 4 nitrogen and oxygen atoms in total. The Morgan fingerprint density at radius 2 is 1.84 bits per heavy atom. The summed E-state index contributed by atoms with van der Waals surface area (Å²) in [6.45, 7) is 6.79. The van der Waals surface area contributed by atoms with Crippen molar-refractivity contribution in [2.75, 3.05) is 18.4 Å². The maximum atomic E-state index is 14.0. The third kappa shape index (κ3) is 4.47. The van der Waals surface area contributed by atoms with E-state index in [1.54, 1.807) is 17.0 Å². The van der Waals surface area contributed by atoms with Crippen LogP contribution in [0.1, 0.15) is 41.8 Å². The maximum Gasteiger partial charge on any atom is 0.421 e. The van der Waals surface area contributed by atoms with E-state index in [1.165, 1.54) is 12.3 Å². The molecule has 1 amide bonds. The SMILES string of the molecule is CCCN(CC)C(=O)c1cnc(Nc2cccc(F)c2C(F)(F)F)c2cccc(C)c12. The van der Waals surface area contributed by atoms with Crippen LogP contribution in [0.3, 0.4) is 0 Å². The Labute approximate surface area is 177 Å². The molecular weight excluding hydrogens is 410 g/mol. The Morgan fingerprint density at radius 3 is 2.48 bits per heavy atom. The lowest BCUT2D eigenvalue weighted by atomic mass is 10.0. The van der Waals surface area contributed by atoms with Crippen molar-refractivity contribution in [3.8, 4) is 0 Å². The number of aryl methyl sites for hydroxylation is 1. The number of aromatic nitrogens is 1. The zero-order valence-corrected chi connectivity index (χ0v) is 17.5. The number of hydrogen-bond donors (Lipinski definition) is 1. The lowest BCUT2D eigenvalue weighted by Crippen LogP contribution is -2.31. The highest BCUT2D eigenvalue weighted by Crippen LogP contribution is 2.39. The Bertz CT molecular complexity index is 1110. The lowest BCUT2D eigenvalue weighted by Gasteiger charge is -2.22. The van der Waals surface area contributed by atoms with Gasteiger partial charge < -0.3 is 10.2 Å². The van der Waals surface area contributed by atoms with Gasteiger partial charge in [0.15, 0.2) is 0 Å². The fourth-order valence-corrected chi connectivity index (χ4v) is 3.64. The van der Waals surface area contributed by atoms with Gasteiger partial charge in [-0.3, -0.25) is 4.79 Å². The molecule has 0 bridgehead atoms. The second-order valence-electron chi connectivity index (χ2n) is 7.19. The van der Waals surface area contributed by atoms with Crippen LogP contribution in [0, 0.1) is 12.7 Å². The Balaban J connectivity index is 2.15. The number of nitrogens with one attached hydrogen (secondary N) is 1. The van der Waals surface area contributed by atoms with Gasteiger partial charge in [0.1, 0.15) is 17.2 Å². The van der Waals surface area contributed by atoms with E-state index < -0.39 is 23.2 Å². The second-order valence-corrected chi connectivity index (χ2v) is 7.19. The highest BCUT2D eigenvalue weighted by molar-refractivity contribution is 6.10. The summed E-state index contributed by atoms with van der Waals surface area (Å²) in [5.41, 5.74) is -0.667. The topological polar surface area (TPSA) is 45.2 Å². The molecule has 0 spiro atoms. The van der Waals surface area contributed by atoms with Crippen LogP contribution in [0.25, 0.3) is 10.8 Å². The number of anilines is 2. The Kier molecular flexibility index (Phi) is 6.48. The molecule has 0 aliphatic carbocycles. The van der Waals surface area contributed by atoms with Crippen molar-refractivity contribution in [1.82, 2.24) is 9.88 Å². The fourth-order valence-electron chi connectivity index (χ4n) is 3.64. The number of benzene rings is 2. The average Bonchev–Trinajstić information content (AvgIpc) is 2.71. The number of pyridine rings is 1. The van der Waals surface area contributed by atoms with Gasteiger partial charge >= 0.3 is 6.18 Å². The first-order chi connectivity index (χ1) is 14.7. The van der Waals surface area contributed by atoms with E-state index in [1.807, 2.05) is 26.8 Å². The molecule has 0 fully saturated rings. The summed E-state index contributed by atoms with van der Waals surface area (Å²) >= 11 is 0. The van der Waals surface area contributed by atoms with E-state index in [-0.39, 0.29) is 11.7 Å². The molecule has 1 N–H and O–H groups in total. The number of carbonyl (C=O) groups is 1. The summed E-state index contributed by atoms with van der Waals surface area (Å²) in [4.78, 5) is 19.0. The molecule has 0 saturated heterocycles. The van der Waals surface area contributed by atoms with E-state index in [0.29, 0.717) is 29.4 Å². The third-order valence-corrected chi connectivity index (χ3v) is 5.06. The number of fused-ring (bicyclic) bond motifs is 1. The Hall–Kier alpha value is -3.16. The molecule has 1 heterocycles. The van der Waals surface area contributed by atoms with Gasteiger partial charge in [-0.15, -0.1) is 0 Å². The van der Waals surface area contributed by atoms with E-state index in [4.69, 9.17) is 0 Å². The first-order valence-corrected chi connectivity index (χ1v) is 9.99. The molecule has 1 aromatic heterocycles. The highest BCUT2D eigenvalue weighted by atomic mass is 19.4. The van der Waals surface area contributed by atoms with Gasteiger partial charge in [-0.25, -0.2) is 9.37 Å². The van der Waals surface area contributed by atoms with Gasteiger partial charge in [0, 0.05) is 30.1 Å². The number of alkyl halides is 3. The fraction of sp³-hybridized carbons (Fsp3) is 0.304. The number of halogens is 4. The van der Waals surface area contributed by atoms with Gasteiger partial charge in [-0.2, -0.15) is 13.2 Å². The molecule has 2 aromatic carbocycles. The summed E-state index contributed by atoms with van der Waals surface area (Å²) in [7, 11) is 0.